The maximum Gasteiger partial charge on any atom is 0.118 e. The first kappa shape index (κ1) is 14.7. The van der Waals surface area contributed by atoms with Gasteiger partial charge in [0.05, 0.1) is 10.7 Å². The predicted octanol–water partition coefficient (Wildman–Crippen LogP) is 4.08. The predicted molar refractivity (Wildman–Crippen MR) is 86.4 cm³/mol. The van der Waals surface area contributed by atoms with Gasteiger partial charge in [0.25, 0.3) is 0 Å². The van der Waals surface area contributed by atoms with E-state index in [2.05, 4.69) is 10.3 Å². The van der Waals surface area contributed by atoms with Gasteiger partial charge in [0.1, 0.15) is 5.67 Å². The van der Waals surface area contributed by atoms with Crippen molar-refractivity contribution in [1.29, 1.82) is 0 Å². The van der Waals surface area contributed by atoms with Crippen LogP contribution in [0.4, 0.5) is 4.39 Å². The Morgan fingerprint density at radius 2 is 2.19 bits per heavy atom. The molecule has 0 saturated carbocycles. The first-order valence-corrected chi connectivity index (χ1v) is 8.42. The lowest BCUT2D eigenvalue weighted by Gasteiger charge is -2.33. The molecule has 1 aromatic heterocycles. The molecule has 21 heavy (non-hydrogen) atoms. The highest BCUT2D eigenvalue weighted by molar-refractivity contribution is 7.09. The van der Waals surface area contributed by atoms with Crippen LogP contribution in [0.25, 0.3) is 11.3 Å². The molecule has 0 aliphatic carbocycles. The van der Waals surface area contributed by atoms with Crippen LogP contribution < -0.4 is 5.32 Å². The Morgan fingerprint density at radius 1 is 1.38 bits per heavy atom. The fraction of sp³-hybridized carbons (Fsp3) is 0.471. The number of nitrogens with zero attached hydrogens (tertiary/aromatic N) is 1. The van der Waals surface area contributed by atoms with E-state index in [1.165, 1.54) is 0 Å². The summed E-state index contributed by atoms with van der Waals surface area (Å²) in [5, 5.41) is 6.22. The molecule has 112 valence electrons. The summed E-state index contributed by atoms with van der Waals surface area (Å²) in [5.41, 5.74) is 0.868. The summed E-state index contributed by atoms with van der Waals surface area (Å²) in [7, 11) is 0. The van der Waals surface area contributed by atoms with E-state index in [1.54, 1.807) is 18.3 Å². The average Bonchev–Trinajstić information content (AvgIpc) is 2.97. The Kier molecular flexibility index (Phi) is 4.36. The number of nitrogens with one attached hydrogen (secondary N) is 1. The van der Waals surface area contributed by atoms with Gasteiger partial charge in [-0.1, -0.05) is 30.3 Å². The van der Waals surface area contributed by atoms with Crippen LogP contribution in [0.1, 0.15) is 24.8 Å². The van der Waals surface area contributed by atoms with Crippen molar-refractivity contribution in [3.63, 3.8) is 0 Å². The van der Waals surface area contributed by atoms with Gasteiger partial charge in [-0.15, -0.1) is 11.3 Å². The van der Waals surface area contributed by atoms with Crippen LogP contribution >= 0.6 is 11.3 Å². The van der Waals surface area contributed by atoms with E-state index in [4.69, 9.17) is 0 Å². The molecule has 3 rings (SSSR count). The van der Waals surface area contributed by atoms with Gasteiger partial charge in [-0.2, -0.15) is 0 Å². The number of benzene rings is 1. The van der Waals surface area contributed by atoms with Gasteiger partial charge in [0.15, 0.2) is 0 Å². The second kappa shape index (κ2) is 6.24. The summed E-state index contributed by atoms with van der Waals surface area (Å²) >= 11 is 1.56. The molecule has 4 heteroatoms. The molecule has 0 amide bonds. The molecule has 2 heterocycles. The van der Waals surface area contributed by atoms with Gasteiger partial charge in [-0.05, 0) is 26.3 Å². The van der Waals surface area contributed by atoms with Crippen LogP contribution in [0.5, 0.6) is 0 Å². The molecule has 1 aromatic carbocycles. The van der Waals surface area contributed by atoms with E-state index < -0.39 is 5.67 Å². The molecular weight excluding hydrogens is 283 g/mol. The zero-order valence-corrected chi connectivity index (χ0v) is 13.1. The minimum absolute atomic E-state index is 0.0929. The van der Waals surface area contributed by atoms with Crippen molar-refractivity contribution in [1.82, 2.24) is 10.3 Å². The summed E-state index contributed by atoms with van der Waals surface area (Å²) in [6.45, 7) is 3.53. The first-order valence-electron chi connectivity index (χ1n) is 7.54. The van der Waals surface area contributed by atoms with E-state index in [9.17, 15) is 0 Å². The van der Waals surface area contributed by atoms with Crippen molar-refractivity contribution in [2.75, 3.05) is 13.1 Å². The third kappa shape index (κ3) is 3.50. The SMILES string of the molecule is CC(F)(Cc1nc(-c2ccccc2)cs1)C1CCCNC1. The van der Waals surface area contributed by atoms with Gasteiger partial charge in [-0.25, -0.2) is 9.37 Å². The lowest BCUT2D eigenvalue weighted by molar-refractivity contribution is 0.0833. The van der Waals surface area contributed by atoms with Crippen LogP contribution in [0, 0.1) is 5.92 Å². The van der Waals surface area contributed by atoms with Gasteiger partial charge in [-0.3, -0.25) is 0 Å². The molecule has 0 spiro atoms. The molecule has 0 radical (unpaired) electrons. The molecule has 2 nitrogen and oxygen atoms in total. The molecule has 1 fully saturated rings. The Morgan fingerprint density at radius 3 is 2.90 bits per heavy atom. The quantitative estimate of drug-likeness (QED) is 0.920. The lowest BCUT2D eigenvalue weighted by atomic mass is 9.83. The number of thiazole rings is 1. The van der Waals surface area contributed by atoms with Gasteiger partial charge in [0, 0.05) is 29.8 Å². The second-order valence-electron chi connectivity index (χ2n) is 5.99. The van der Waals surface area contributed by atoms with Crippen LogP contribution in [-0.2, 0) is 6.42 Å². The number of hydrogen-bond acceptors (Lipinski definition) is 3. The van der Waals surface area contributed by atoms with Crippen molar-refractivity contribution >= 4 is 11.3 Å². The Hall–Kier alpha value is -1.26. The van der Waals surface area contributed by atoms with Crippen LogP contribution in [0.2, 0.25) is 0 Å². The Bertz CT molecular complexity index is 573. The van der Waals surface area contributed by atoms with E-state index in [1.807, 2.05) is 35.7 Å². The molecular formula is C17H21FN2S. The topological polar surface area (TPSA) is 24.9 Å². The maximum absolute atomic E-state index is 15.0. The molecule has 1 aliphatic heterocycles. The monoisotopic (exact) mass is 304 g/mol. The largest absolute Gasteiger partial charge is 0.316 e. The van der Waals surface area contributed by atoms with Gasteiger partial charge in [0.2, 0.25) is 0 Å². The summed E-state index contributed by atoms with van der Waals surface area (Å²) in [5.74, 6) is 0.0929. The van der Waals surface area contributed by atoms with Crippen molar-refractivity contribution in [2.24, 2.45) is 5.92 Å². The van der Waals surface area contributed by atoms with Crippen molar-refractivity contribution < 1.29 is 4.39 Å². The second-order valence-corrected chi connectivity index (χ2v) is 6.93. The van der Waals surface area contributed by atoms with Crippen LogP contribution in [0.15, 0.2) is 35.7 Å². The number of alkyl halides is 1. The summed E-state index contributed by atoms with van der Waals surface area (Å²) < 4.78 is 15.0. The van der Waals surface area contributed by atoms with Crippen molar-refractivity contribution in [3.8, 4) is 11.3 Å². The van der Waals surface area contributed by atoms with E-state index >= 15 is 4.39 Å². The molecule has 2 aromatic rings. The third-order valence-electron chi connectivity index (χ3n) is 4.27. The van der Waals surface area contributed by atoms with Gasteiger partial charge >= 0.3 is 0 Å². The number of rotatable bonds is 4. The normalized spacial score (nSPS) is 21.9. The maximum atomic E-state index is 15.0. The third-order valence-corrected chi connectivity index (χ3v) is 5.12. The Labute approximate surface area is 129 Å². The highest BCUT2D eigenvalue weighted by atomic mass is 32.1. The summed E-state index contributed by atoms with van der Waals surface area (Å²) in [6, 6.07) is 10.1. The Balaban J connectivity index is 1.71. The highest BCUT2D eigenvalue weighted by Crippen LogP contribution is 2.33. The summed E-state index contributed by atoms with van der Waals surface area (Å²) in [4.78, 5) is 4.62. The number of piperidine rings is 1. The minimum atomic E-state index is -1.18. The highest BCUT2D eigenvalue weighted by Gasteiger charge is 2.36. The zero-order valence-electron chi connectivity index (χ0n) is 12.3. The molecule has 2 unspecified atom stereocenters. The standard InChI is InChI=1S/C17H21FN2S/c1-17(18,14-8-5-9-19-11-14)10-16-20-15(12-21-16)13-6-3-2-4-7-13/h2-4,6-7,12,14,19H,5,8-11H2,1H3. The fourth-order valence-corrected chi connectivity index (χ4v) is 3.89. The smallest absolute Gasteiger partial charge is 0.118 e. The summed E-state index contributed by atoms with van der Waals surface area (Å²) in [6.07, 6.45) is 2.45. The van der Waals surface area contributed by atoms with Gasteiger partial charge < -0.3 is 5.32 Å². The average molecular weight is 304 g/mol. The van der Waals surface area contributed by atoms with Crippen molar-refractivity contribution in [3.05, 3.63) is 40.7 Å². The van der Waals surface area contributed by atoms with Crippen LogP contribution in [-0.4, -0.2) is 23.7 Å². The molecule has 1 N–H and O–H groups in total. The number of aromatic nitrogens is 1. The minimum Gasteiger partial charge on any atom is -0.316 e. The molecule has 1 saturated heterocycles. The fourth-order valence-electron chi connectivity index (χ4n) is 2.94. The molecule has 2 atom stereocenters. The van der Waals surface area contributed by atoms with E-state index in [-0.39, 0.29) is 5.92 Å². The van der Waals surface area contributed by atoms with Crippen LogP contribution in [0.3, 0.4) is 0 Å². The number of hydrogen-bond donors (Lipinski definition) is 1. The van der Waals surface area contributed by atoms with E-state index in [0.29, 0.717) is 6.42 Å². The first-order chi connectivity index (χ1) is 10.1. The van der Waals surface area contributed by atoms with E-state index in [0.717, 1.165) is 42.2 Å². The molecule has 1 aliphatic rings. The zero-order chi connectivity index (χ0) is 14.7. The van der Waals surface area contributed by atoms with Crippen molar-refractivity contribution in [2.45, 2.75) is 31.9 Å². The number of halogens is 1. The molecule has 0 bridgehead atoms. The lowest BCUT2D eigenvalue weighted by Crippen LogP contribution is -2.42.